The van der Waals surface area contributed by atoms with Gasteiger partial charge in [-0.05, 0) is 60.6 Å². The van der Waals surface area contributed by atoms with E-state index in [-0.39, 0.29) is 0 Å². The van der Waals surface area contributed by atoms with Gasteiger partial charge < -0.3 is 5.32 Å². The fraction of sp³-hybridized carbons (Fsp3) is 0.417. The molecule has 0 unspecified atom stereocenters. The molecule has 1 aliphatic heterocycles. The van der Waals surface area contributed by atoms with Gasteiger partial charge in [0.1, 0.15) is 0 Å². The summed E-state index contributed by atoms with van der Waals surface area (Å²) in [5, 5.41) is 15.5. The first-order valence-corrected chi connectivity index (χ1v) is 6.89. The lowest BCUT2D eigenvalue weighted by Crippen LogP contribution is -2.28. The SMILES string of the molecule is Brc1ccc(-n2nnnc2C2CCNCC2)cc1. The molecule has 0 radical (unpaired) electrons. The van der Waals surface area contributed by atoms with Gasteiger partial charge in [-0.25, -0.2) is 0 Å². The lowest BCUT2D eigenvalue weighted by Gasteiger charge is -2.21. The monoisotopic (exact) mass is 307 g/mol. The van der Waals surface area contributed by atoms with Gasteiger partial charge in [0.05, 0.1) is 5.69 Å². The first kappa shape index (κ1) is 11.8. The summed E-state index contributed by atoms with van der Waals surface area (Å²) >= 11 is 3.43. The van der Waals surface area contributed by atoms with Gasteiger partial charge in [-0.1, -0.05) is 15.9 Å². The van der Waals surface area contributed by atoms with Gasteiger partial charge in [-0.2, -0.15) is 4.68 Å². The molecule has 5 nitrogen and oxygen atoms in total. The first-order chi connectivity index (χ1) is 8.84. The van der Waals surface area contributed by atoms with Crippen LogP contribution in [-0.4, -0.2) is 33.3 Å². The van der Waals surface area contributed by atoms with Crippen LogP contribution < -0.4 is 5.32 Å². The highest BCUT2D eigenvalue weighted by Gasteiger charge is 2.21. The van der Waals surface area contributed by atoms with Crippen molar-refractivity contribution in [1.29, 1.82) is 0 Å². The van der Waals surface area contributed by atoms with E-state index in [1.54, 1.807) is 0 Å². The van der Waals surface area contributed by atoms with Crippen molar-refractivity contribution in [2.45, 2.75) is 18.8 Å². The van der Waals surface area contributed by atoms with Crippen LogP contribution in [0.25, 0.3) is 5.69 Å². The van der Waals surface area contributed by atoms with Crippen molar-refractivity contribution in [3.8, 4) is 5.69 Å². The standard InChI is InChI=1S/C12H14BrN5/c13-10-1-3-11(4-2-10)18-12(15-16-17-18)9-5-7-14-8-6-9/h1-4,9,14H,5-8H2. The number of nitrogens with zero attached hydrogens (tertiary/aromatic N) is 4. The Bertz CT molecular complexity index is 516. The van der Waals surface area contributed by atoms with Gasteiger partial charge in [0.2, 0.25) is 0 Å². The highest BCUT2D eigenvalue weighted by atomic mass is 79.9. The Morgan fingerprint density at radius 2 is 1.89 bits per heavy atom. The van der Waals surface area contributed by atoms with E-state index in [1.165, 1.54) is 0 Å². The van der Waals surface area contributed by atoms with Crippen LogP contribution in [0.5, 0.6) is 0 Å². The number of halogens is 1. The van der Waals surface area contributed by atoms with E-state index in [9.17, 15) is 0 Å². The molecule has 18 heavy (non-hydrogen) atoms. The lowest BCUT2D eigenvalue weighted by atomic mass is 9.97. The Morgan fingerprint density at radius 3 is 2.61 bits per heavy atom. The third kappa shape index (κ3) is 2.30. The molecule has 2 heterocycles. The molecule has 0 amide bonds. The molecular weight excluding hydrogens is 294 g/mol. The number of hydrogen-bond donors (Lipinski definition) is 1. The number of hydrogen-bond acceptors (Lipinski definition) is 4. The molecule has 0 spiro atoms. The molecule has 1 saturated heterocycles. The zero-order valence-corrected chi connectivity index (χ0v) is 11.5. The van der Waals surface area contributed by atoms with Crippen molar-refractivity contribution < 1.29 is 0 Å². The van der Waals surface area contributed by atoms with Crippen LogP contribution in [0.4, 0.5) is 0 Å². The largest absolute Gasteiger partial charge is 0.317 e. The van der Waals surface area contributed by atoms with Crippen molar-refractivity contribution in [3.05, 3.63) is 34.6 Å². The summed E-state index contributed by atoms with van der Waals surface area (Å²) in [4.78, 5) is 0. The summed E-state index contributed by atoms with van der Waals surface area (Å²) in [5.74, 6) is 1.42. The van der Waals surface area contributed by atoms with Crippen molar-refractivity contribution in [3.63, 3.8) is 0 Å². The van der Waals surface area contributed by atoms with Crippen molar-refractivity contribution in [2.24, 2.45) is 0 Å². The zero-order chi connectivity index (χ0) is 12.4. The third-order valence-corrected chi connectivity index (χ3v) is 3.80. The molecule has 94 valence electrons. The predicted octanol–water partition coefficient (Wildman–Crippen LogP) is 1.89. The van der Waals surface area contributed by atoms with Crippen molar-refractivity contribution in [2.75, 3.05) is 13.1 Å². The molecule has 1 aromatic carbocycles. The van der Waals surface area contributed by atoms with Crippen molar-refractivity contribution in [1.82, 2.24) is 25.5 Å². The Hall–Kier alpha value is -1.27. The fourth-order valence-electron chi connectivity index (χ4n) is 2.29. The highest BCUT2D eigenvalue weighted by Crippen LogP contribution is 2.24. The second-order valence-corrected chi connectivity index (χ2v) is 5.37. The van der Waals surface area contributed by atoms with Crippen LogP contribution in [0, 0.1) is 0 Å². The van der Waals surface area contributed by atoms with E-state index in [1.807, 2.05) is 28.9 Å². The summed E-state index contributed by atoms with van der Waals surface area (Å²) in [7, 11) is 0. The van der Waals surface area contributed by atoms with Gasteiger partial charge in [0.25, 0.3) is 0 Å². The molecule has 0 atom stereocenters. The van der Waals surface area contributed by atoms with Crippen LogP contribution >= 0.6 is 15.9 Å². The highest BCUT2D eigenvalue weighted by molar-refractivity contribution is 9.10. The van der Waals surface area contributed by atoms with E-state index in [0.717, 1.165) is 41.9 Å². The topological polar surface area (TPSA) is 55.6 Å². The summed E-state index contributed by atoms with van der Waals surface area (Å²) in [6, 6.07) is 8.04. The molecule has 0 aliphatic carbocycles. The van der Waals surface area contributed by atoms with Crippen molar-refractivity contribution >= 4 is 15.9 Å². The van der Waals surface area contributed by atoms with Crippen LogP contribution in [0.1, 0.15) is 24.6 Å². The van der Waals surface area contributed by atoms with Gasteiger partial charge in [0, 0.05) is 10.4 Å². The third-order valence-electron chi connectivity index (χ3n) is 3.27. The van der Waals surface area contributed by atoms with E-state index in [2.05, 4.69) is 36.8 Å². The Morgan fingerprint density at radius 1 is 1.17 bits per heavy atom. The van der Waals surface area contributed by atoms with Crippen LogP contribution in [-0.2, 0) is 0 Å². The molecule has 1 aliphatic rings. The van der Waals surface area contributed by atoms with Crippen LogP contribution in [0.15, 0.2) is 28.7 Å². The fourth-order valence-corrected chi connectivity index (χ4v) is 2.56. The number of aromatic nitrogens is 4. The Balaban J connectivity index is 1.93. The predicted molar refractivity (Wildman–Crippen MR) is 71.7 cm³/mol. The molecular formula is C12H14BrN5. The molecule has 2 aromatic rings. The van der Waals surface area contributed by atoms with E-state index in [4.69, 9.17) is 0 Å². The molecule has 0 bridgehead atoms. The average molecular weight is 308 g/mol. The molecule has 3 rings (SSSR count). The van der Waals surface area contributed by atoms with Crippen LogP contribution in [0.2, 0.25) is 0 Å². The number of rotatable bonds is 2. The lowest BCUT2D eigenvalue weighted by molar-refractivity contribution is 0.438. The minimum absolute atomic E-state index is 0.449. The molecule has 1 aromatic heterocycles. The maximum atomic E-state index is 4.20. The number of nitrogens with one attached hydrogen (secondary N) is 1. The second-order valence-electron chi connectivity index (χ2n) is 4.45. The van der Waals surface area contributed by atoms with Crippen LogP contribution in [0.3, 0.4) is 0 Å². The molecule has 1 N–H and O–H groups in total. The Labute approximate surface area is 114 Å². The molecule has 0 saturated carbocycles. The minimum Gasteiger partial charge on any atom is -0.317 e. The average Bonchev–Trinajstić information content (AvgIpc) is 2.90. The summed E-state index contributed by atoms with van der Waals surface area (Å²) in [5.41, 5.74) is 1.01. The Kier molecular flexibility index (Phi) is 3.38. The maximum Gasteiger partial charge on any atom is 0.159 e. The zero-order valence-electron chi connectivity index (χ0n) is 9.88. The van der Waals surface area contributed by atoms with Gasteiger partial charge >= 0.3 is 0 Å². The summed E-state index contributed by atoms with van der Waals surface area (Å²) < 4.78 is 2.91. The number of piperidine rings is 1. The second kappa shape index (κ2) is 5.16. The maximum absolute atomic E-state index is 4.20. The van der Waals surface area contributed by atoms with E-state index >= 15 is 0 Å². The number of benzene rings is 1. The first-order valence-electron chi connectivity index (χ1n) is 6.09. The van der Waals surface area contributed by atoms with Gasteiger partial charge in [-0.3, -0.25) is 0 Å². The van der Waals surface area contributed by atoms with Gasteiger partial charge in [-0.15, -0.1) is 5.10 Å². The quantitative estimate of drug-likeness (QED) is 0.920. The number of tetrazole rings is 1. The smallest absolute Gasteiger partial charge is 0.159 e. The van der Waals surface area contributed by atoms with E-state index < -0.39 is 0 Å². The molecule has 1 fully saturated rings. The summed E-state index contributed by atoms with van der Waals surface area (Å²) in [6.07, 6.45) is 2.19. The van der Waals surface area contributed by atoms with E-state index in [0.29, 0.717) is 5.92 Å². The minimum atomic E-state index is 0.449. The normalized spacial score (nSPS) is 16.9. The molecule has 6 heteroatoms. The summed E-state index contributed by atoms with van der Waals surface area (Å²) in [6.45, 7) is 2.08. The van der Waals surface area contributed by atoms with Gasteiger partial charge in [0.15, 0.2) is 5.82 Å².